The number of aryl methyl sites for hydroxylation is 2. The monoisotopic (exact) mass is 313 g/mol. The van der Waals surface area contributed by atoms with E-state index in [1.807, 2.05) is 19.1 Å². The molecule has 22 heavy (non-hydrogen) atoms. The molecule has 2 aliphatic heterocycles. The van der Waals surface area contributed by atoms with Crippen LogP contribution in [0.5, 0.6) is 0 Å². The molecule has 4 nitrogen and oxygen atoms in total. The van der Waals surface area contributed by atoms with Gasteiger partial charge in [-0.2, -0.15) is 0 Å². The zero-order valence-corrected chi connectivity index (χ0v) is 13.4. The van der Waals surface area contributed by atoms with Gasteiger partial charge in [0.2, 0.25) is 5.91 Å². The maximum atomic E-state index is 12.5. The number of hydrogen-bond acceptors (Lipinski definition) is 3. The molecular weight excluding hydrogens is 294 g/mol. The Bertz CT molecular complexity index is 699. The highest BCUT2D eigenvalue weighted by molar-refractivity contribution is 8.01. The highest BCUT2D eigenvalue weighted by atomic mass is 32.2. The van der Waals surface area contributed by atoms with Crippen LogP contribution in [0.4, 0.5) is 0 Å². The maximum absolute atomic E-state index is 12.5. The SMILES string of the molecule is Cc1cn2c(n1)CC[C@@H](NC(=O)[C@H]1Cc3ccccc3S1)C2. The van der Waals surface area contributed by atoms with Gasteiger partial charge in [0.15, 0.2) is 0 Å². The standard InChI is InChI=1S/C17H19N3OS/c1-11-9-20-10-13(6-7-16(20)18-11)19-17(21)15-8-12-4-2-3-5-14(12)22-15/h2-5,9,13,15H,6-8,10H2,1H3,(H,19,21)/t13-,15-/m1/s1. The number of imidazole rings is 1. The van der Waals surface area contributed by atoms with Gasteiger partial charge >= 0.3 is 0 Å². The van der Waals surface area contributed by atoms with Gasteiger partial charge in [-0.3, -0.25) is 4.79 Å². The van der Waals surface area contributed by atoms with Gasteiger partial charge in [-0.25, -0.2) is 4.98 Å². The van der Waals surface area contributed by atoms with Crippen molar-refractivity contribution >= 4 is 17.7 Å². The molecule has 2 aromatic rings. The first-order chi connectivity index (χ1) is 10.7. The van der Waals surface area contributed by atoms with Gasteiger partial charge in [0.1, 0.15) is 5.82 Å². The number of nitrogens with one attached hydrogen (secondary N) is 1. The van der Waals surface area contributed by atoms with Gasteiger partial charge in [0, 0.05) is 30.1 Å². The topological polar surface area (TPSA) is 46.9 Å². The average Bonchev–Trinajstić information content (AvgIpc) is 3.08. The molecule has 1 N–H and O–H groups in total. The van der Waals surface area contributed by atoms with Gasteiger partial charge in [-0.15, -0.1) is 11.8 Å². The number of rotatable bonds is 2. The van der Waals surface area contributed by atoms with Crippen molar-refractivity contribution in [2.24, 2.45) is 0 Å². The largest absolute Gasteiger partial charge is 0.351 e. The summed E-state index contributed by atoms with van der Waals surface area (Å²) in [5.74, 6) is 1.32. The van der Waals surface area contributed by atoms with Gasteiger partial charge in [-0.1, -0.05) is 18.2 Å². The van der Waals surface area contributed by atoms with E-state index < -0.39 is 0 Å². The summed E-state index contributed by atoms with van der Waals surface area (Å²) < 4.78 is 2.18. The highest BCUT2D eigenvalue weighted by Crippen LogP contribution is 2.36. The normalized spacial score (nSPS) is 23.0. The van der Waals surface area contributed by atoms with E-state index in [-0.39, 0.29) is 17.2 Å². The molecule has 0 spiro atoms. The van der Waals surface area contributed by atoms with Crippen molar-refractivity contribution in [3.8, 4) is 0 Å². The minimum absolute atomic E-state index is 0.0170. The Morgan fingerprint density at radius 1 is 1.41 bits per heavy atom. The molecule has 0 unspecified atom stereocenters. The maximum Gasteiger partial charge on any atom is 0.234 e. The molecule has 0 fully saturated rings. The van der Waals surface area contributed by atoms with Gasteiger partial charge in [-0.05, 0) is 31.4 Å². The van der Waals surface area contributed by atoms with E-state index in [1.54, 1.807) is 11.8 Å². The number of hydrogen-bond donors (Lipinski definition) is 1. The third-order valence-electron chi connectivity index (χ3n) is 4.40. The first-order valence-corrected chi connectivity index (χ1v) is 8.64. The first kappa shape index (κ1) is 13.9. The van der Waals surface area contributed by atoms with E-state index >= 15 is 0 Å². The number of aromatic nitrogens is 2. The number of thioether (sulfide) groups is 1. The third-order valence-corrected chi connectivity index (χ3v) is 5.72. The predicted octanol–water partition coefficient (Wildman–Crippen LogP) is 2.34. The van der Waals surface area contributed by atoms with Crippen molar-refractivity contribution in [2.45, 2.75) is 48.9 Å². The van der Waals surface area contributed by atoms with Crippen molar-refractivity contribution in [3.63, 3.8) is 0 Å². The van der Waals surface area contributed by atoms with Crippen LogP contribution in [0.3, 0.4) is 0 Å². The van der Waals surface area contributed by atoms with Crippen molar-refractivity contribution in [3.05, 3.63) is 47.5 Å². The Balaban J connectivity index is 1.40. The summed E-state index contributed by atoms with van der Waals surface area (Å²) in [7, 11) is 0. The summed E-state index contributed by atoms with van der Waals surface area (Å²) in [5.41, 5.74) is 2.35. The fraction of sp³-hybridized carbons (Fsp3) is 0.412. The molecule has 2 atom stereocenters. The number of benzene rings is 1. The summed E-state index contributed by atoms with van der Waals surface area (Å²) in [6.07, 6.45) is 4.84. The van der Waals surface area contributed by atoms with E-state index in [4.69, 9.17) is 0 Å². The molecule has 0 saturated heterocycles. The zero-order chi connectivity index (χ0) is 15.1. The number of fused-ring (bicyclic) bond motifs is 2. The fourth-order valence-corrected chi connectivity index (χ4v) is 4.53. The van der Waals surface area contributed by atoms with Crippen LogP contribution >= 0.6 is 11.8 Å². The second-order valence-corrected chi connectivity index (χ2v) is 7.36. The van der Waals surface area contributed by atoms with E-state index in [9.17, 15) is 4.79 Å². The number of carbonyl (C=O) groups excluding carboxylic acids is 1. The number of carbonyl (C=O) groups is 1. The molecule has 0 aliphatic carbocycles. The highest BCUT2D eigenvalue weighted by Gasteiger charge is 2.30. The first-order valence-electron chi connectivity index (χ1n) is 7.76. The van der Waals surface area contributed by atoms with Crippen molar-refractivity contribution < 1.29 is 4.79 Å². The van der Waals surface area contributed by atoms with Crippen LogP contribution in [0.1, 0.15) is 23.5 Å². The number of nitrogens with zero attached hydrogens (tertiary/aromatic N) is 2. The Morgan fingerprint density at radius 3 is 3.14 bits per heavy atom. The quantitative estimate of drug-likeness (QED) is 0.926. The molecule has 0 bridgehead atoms. The smallest absolute Gasteiger partial charge is 0.234 e. The molecule has 0 saturated carbocycles. The summed E-state index contributed by atoms with van der Waals surface area (Å²) in [4.78, 5) is 18.3. The molecule has 1 aromatic carbocycles. The fourth-order valence-electron chi connectivity index (χ4n) is 3.33. The molecule has 5 heteroatoms. The van der Waals surface area contributed by atoms with Gasteiger partial charge in [0.25, 0.3) is 0 Å². The molecule has 1 aromatic heterocycles. The second-order valence-electron chi connectivity index (χ2n) is 6.11. The zero-order valence-electron chi connectivity index (χ0n) is 12.6. The van der Waals surface area contributed by atoms with Crippen LogP contribution in [0, 0.1) is 6.92 Å². The third kappa shape index (κ3) is 2.54. The Morgan fingerprint density at radius 2 is 2.27 bits per heavy atom. The lowest BCUT2D eigenvalue weighted by Crippen LogP contribution is -2.44. The Kier molecular flexibility index (Phi) is 3.45. The summed E-state index contributed by atoms with van der Waals surface area (Å²) >= 11 is 1.69. The van der Waals surface area contributed by atoms with E-state index in [0.717, 1.165) is 37.3 Å². The Hall–Kier alpha value is -1.75. The summed E-state index contributed by atoms with van der Waals surface area (Å²) in [6.45, 7) is 2.86. The summed E-state index contributed by atoms with van der Waals surface area (Å²) in [6, 6.07) is 8.53. The van der Waals surface area contributed by atoms with Crippen LogP contribution in [0.2, 0.25) is 0 Å². The minimum atomic E-state index is 0.0170. The van der Waals surface area contributed by atoms with Crippen LogP contribution in [0.15, 0.2) is 35.4 Å². The second kappa shape index (κ2) is 5.47. The van der Waals surface area contributed by atoms with Crippen LogP contribution in [-0.2, 0) is 24.2 Å². The average molecular weight is 313 g/mol. The molecular formula is C17H19N3OS. The van der Waals surface area contributed by atoms with E-state index in [2.05, 4.69) is 33.2 Å². The molecule has 114 valence electrons. The molecule has 3 heterocycles. The lowest BCUT2D eigenvalue weighted by Gasteiger charge is -2.25. The minimum Gasteiger partial charge on any atom is -0.351 e. The predicted molar refractivity (Wildman–Crippen MR) is 87.0 cm³/mol. The van der Waals surface area contributed by atoms with E-state index in [0.29, 0.717) is 0 Å². The molecule has 0 radical (unpaired) electrons. The van der Waals surface area contributed by atoms with Crippen LogP contribution in [-0.4, -0.2) is 26.8 Å². The van der Waals surface area contributed by atoms with Crippen LogP contribution in [0.25, 0.3) is 0 Å². The van der Waals surface area contributed by atoms with Crippen molar-refractivity contribution in [2.75, 3.05) is 0 Å². The summed E-state index contributed by atoms with van der Waals surface area (Å²) in [5, 5.41) is 3.25. The lowest BCUT2D eigenvalue weighted by atomic mass is 10.1. The van der Waals surface area contributed by atoms with Crippen LogP contribution < -0.4 is 5.32 Å². The van der Waals surface area contributed by atoms with E-state index in [1.165, 1.54) is 10.5 Å². The molecule has 2 aliphatic rings. The number of amides is 1. The Labute approximate surface area is 134 Å². The van der Waals surface area contributed by atoms with Crippen molar-refractivity contribution in [1.29, 1.82) is 0 Å². The molecule has 1 amide bonds. The van der Waals surface area contributed by atoms with Crippen molar-refractivity contribution in [1.82, 2.24) is 14.9 Å². The molecule has 4 rings (SSSR count). The van der Waals surface area contributed by atoms with Gasteiger partial charge in [0.05, 0.1) is 10.9 Å². The van der Waals surface area contributed by atoms with Gasteiger partial charge < -0.3 is 9.88 Å². The lowest BCUT2D eigenvalue weighted by molar-refractivity contribution is -0.121.